The monoisotopic (exact) mass is 252 g/mol. The molecule has 0 saturated heterocycles. The first-order valence-corrected chi connectivity index (χ1v) is 7.03. The molecule has 2 rings (SSSR count). The van der Waals surface area contributed by atoms with E-state index in [0.29, 0.717) is 18.4 Å². The van der Waals surface area contributed by atoms with E-state index in [4.69, 9.17) is 0 Å². The third kappa shape index (κ3) is 3.29. The molecule has 0 amide bonds. The maximum Gasteiger partial charge on any atom is 0.140 e. The molecule has 5 nitrogen and oxygen atoms in total. The van der Waals surface area contributed by atoms with E-state index in [9.17, 15) is 5.11 Å². The van der Waals surface area contributed by atoms with Crippen molar-refractivity contribution in [1.82, 2.24) is 20.1 Å². The predicted octanol–water partition coefficient (Wildman–Crippen LogP) is 1.19. The molecule has 0 radical (unpaired) electrons. The maximum absolute atomic E-state index is 9.37. The van der Waals surface area contributed by atoms with E-state index in [1.807, 2.05) is 4.68 Å². The van der Waals surface area contributed by atoms with E-state index in [2.05, 4.69) is 22.3 Å². The van der Waals surface area contributed by atoms with Gasteiger partial charge >= 0.3 is 0 Å². The standard InChI is InChI=1S/C13H24N4O/c1-2-17-13(15-10-16-17)8-14-7-11-5-3-4-6-12(11)9-18/h10-12,14,18H,2-9H2,1H3. The average molecular weight is 252 g/mol. The van der Waals surface area contributed by atoms with Crippen LogP contribution in [0.1, 0.15) is 38.4 Å². The van der Waals surface area contributed by atoms with Crippen molar-refractivity contribution in [3.63, 3.8) is 0 Å². The van der Waals surface area contributed by atoms with Gasteiger partial charge in [0, 0.05) is 13.2 Å². The van der Waals surface area contributed by atoms with Crippen molar-refractivity contribution in [2.45, 2.75) is 45.7 Å². The van der Waals surface area contributed by atoms with Crippen LogP contribution in [0.15, 0.2) is 6.33 Å². The Morgan fingerprint density at radius 3 is 2.89 bits per heavy atom. The second kappa shape index (κ2) is 6.85. The van der Waals surface area contributed by atoms with E-state index in [-0.39, 0.29) is 0 Å². The molecule has 2 atom stereocenters. The Morgan fingerprint density at radius 1 is 1.39 bits per heavy atom. The van der Waals surface area contributed by atoms with E-state index in [1.165, 1.54) is 25.7 Å². The van der Waals surface area contributed by atoms with Crippen LogP contribution in [-0.2, 0) is 13.1 Å². The third-order valence-electron chi connectivity index (χ3n) is 3.99. The van der Waals surface area contributed by atoms with Crippen molar-refractivity contribution >= 4 is 0 Å². The maximum atomic E-state index is 9.37. The normalized spacial score (nSPS) is 24.3. The third-order valence-corrected chi connectivity index (χ3v) is 3.99. The van der Waals surface area contributed by atoms with E-state index in [1.54, 1.807) is 6.33 Å². The second-order valence-corrected chi connectivity index (χ2v) is 5.11. The Bertz CT molecular complexity index is 353. The van der Waals surface area contributed by atoms with Crippen LogP contribution < -0.4 is 5.32 Å². The minimum atomic E-state index is 0.331. The lowest BCUT2D eigenvalue weighted by Gasteiger charge is -2.30. The summed E-state index contributed by atoms with van der Waals surface area (Å²) in [4.78, 5) is 4.25. The lowest BCUT2D eigenvalue weighted by molar-refractivity contribution is 0.133. The van der Waals surface area contributed by atoms with Crippen LogP contribution in [0.3, 0.4) is 0 Å². The quantitative estimate of drug-likeness (QED) is 0.798. The predicted molar refractivity (Wildman–Crippen MR) is 69.9 cm³/mol. The van der Waals surface area contributed by atoms with Crippen LogP contribution in [0.4, 0.5) is 0 Å². The summed E-state index contributed by atoms with van der Waals surface area (Å²) in [6.07, 6.45) is 6.59. The second-order valence-electron chi connectivity index (χ2n) is 5.11. The average Bonchev–Trinajstić information content (AvgIpc) is 2.87. The minimum absolute atomic E-state index is 0.331. The van der Waals surface area contributed by atoms with Crippen molar-refractivity contribution < 1.29 is 5.11 Å². The summed E-state index contributed by atoms with van der Waals surface area (Å²) < 4.78 is 1.91. The molecular weight excluding hydrogens is 228 g/mol. The number of hydrogen-bond acceptors (Lipinski definition) is 4. The first-order chi connectivity index (χ1) is 8.85. The molecule has 2 N–H and O–H groups in total. The van der Waals surface area contributed by atoms with Crippen LogP contribution >= 0.6 is 0 Å². The van der Waals surface area contributed by atoms with Gasteiger partial charge in [-0.05, 0) is 38.1 Å². The van der Waals surface area contributed by atoms with Gasteiger partial charge in [0.1, 0.15) is 12.2 Å². The molecule has 102 valence electrons. The number of aliphatic hydroxyl groups is 1. The van der Waals surface area contributed by atoms with Gasteiger partial charge in [0.25, 0.3) is 0 Å². The summed E-state index contributed by atoms with van der Waals surface area (Å²) in [6.45, 7) is 5.00. The zero-order chi connectivity index (χ0) is 12.8. The van der Waals surface area contributed by atoms with E-state index >= 15 is 0 Å². The fraction of sp³-hybridized carbons (Fsp3) is 0.846. The molecule has 18 heavy (non-hydrogen) atoms. The lowest BCUT2D eigenvalue weighted by atomic mass is 9.79. The number of nitrogens with one attached hydrogen (secondary N) is 1. The summed E-state index contributed by atoms with van der Waals surface area (Å²) >= 11 is 0. The minimum Gasteiger partial charge on any atom is -0.396 e. The molecule has 5 heteroatoms. The zero-order valence-corrected chi connectivity index (χ0v) is 11.2. The Balaban J connectivity index is 1.77. The molecule has 1 fully saturated rings. The van der Waals surface area contributed by atoms with Crippen molar-refractivity contribution in [3.8, 4) is 0 Å². The molecule has 0 aromatic carbocycles. The number of aromatic nitrogens is 3. The van der Waals surface area contributed by atoms with Crippen molar-refractivity contribution in [3.05, 3.63) is 12.2 Å². The van der Waals surface area contributed by atoms with Gasteiger partial charge in [-0.15, -0.1) is 0 Å². The van der Waals surface area contributed by atoms with Gasteiger partial charge in [0.2, 0.25) is 0 Å². The summed E-state index contributed by atoms with van der Waals surface area (Å²) in [5.74, 6) is 2.09. The Kier molecular flexibility index (Phi) is 5.13. The zero-order valence-electron chi connectivity index (χ0n) is 11.2. The summed E-state index contributed by atoms with van der Waals surface area (Å²) in [7, 11) is 0. The number of aliphatic hydroxyl groups excluding tert-OH is 1. The summed E-state index contributed by atoms with van der Waals surface area (Å²) in [6, 6.07) is 0. The van der Waals surface area contributed by atoms with Gasteiger partial charge in [-0.2, -0.15) is 5.10 Å². The van der Waals surface area contributed by atoms with Crippen molar-refractivity contribution in [2.75, 3.05) is 13.2 Å². The van der Waals surface area contributed by atoms with Crippen LogP contribution in [0, 0.1) is 11.8 Å². The molecule has 0 bridgehead atoms. The molecule has 0 spiro atoms. The topological polar surface area (TPSA) is 63.0 Å². The fourth-order valence-corrected chi connectivity index (χ4v) is 2.85. The molecule has 1 aliphatic carbocycles. The Morgan fingerprint density at radius 2 is 2.17 bits per heavy atom. The SMILES string of the molecule is CCn1ncnc1CNCC1CCCCC1CO. The summed E-state index contributed by atoms with van der Waals surface area (Å²) in [5, 5.41) is 17.0. The van der Waals surface area contributed by atoms with Gasteiger partial charge < -0.3 is 10.4 Å². The molecule has 1 aromatic rings. The molecule has 1 saturated carbocycles. The molecule has 1 aliphatic rings. The van der Waals surface area contributed by atoms with Crippen molar-refractivity contribution in [1.29, 1.82) is 0 Å². The van der Waals surface area contributed by atoms with Gasteiger partial charge in [0.15, 0.2) is 0 Å². The molecular formula is C13H24N4O. The number of hydrogen-bond donors (Lipinski definition) is 2. The first-order valence-electron chi connectivity index (χ1n) is 7.03. The number of nitrogens with zero attached hydrogens (tertiary/aromatic N) is 3. The molecule has 2 unspecified atom stereocenters. The largest absolute Gasteiger partial charge is 0.396 e. The Hall–Kier alpha value is -0.940. The molecule has 1 aromatic heterocycles. The van der Waals surface area contributed by atoms with Gasteiger partial charge in [-0.3, -0.25) is 0 Å². The van der Waals surface area contributed by atoms with Crippen LogP contribution in [0.25, 0.3) is 0 Å². The van der Waals surface area contributed by atoms with Gasteiger partial charge in [-0.25, -0.2) is 9.67 Å². The smallest absolute Gasteiger partial charge is 0.140 e. The van der Waals surface area contributed by atoms with E-state index in [0.717, 1.165) is 25.5 Å². The van der Waals surface area contributed by atoms with Crippen LogP contribution in [0.5, 0.6) is 0 Å². The van der Waals surface area contributed by atoms with E-state index < -0.39 is 0 Å². The van der Waals surface area contributed by atoms with Crippen LogP contribution in [0.2, 0.25) is 0 Å². The molecule has 0 aliphatic heterocycles. The molecule has 1 heterocycles. The van der Waals surface area contributed by atoms with Crippen LogP contribution in [-0.4, -0.2) is 33.0 Å². The number of aryl methyl sites for hydroxylation is 1. The Labute approximate surface area is 109 Å². The van der Waals surface area contributed by atoms with Crippen molar-refractivity contribution in [2.24, 2.45) is 11.8 Å². The highest BCUT2D eigenvalue weighted by Crippen LogP contribution is 2.29. The lowest BCUT2D eigenvalue weighted by Crippen LogP contribution is -2.32. The highest BCUT2D eigenvalue weighted by atomic mass is 16.3. The fourth-order valence-electron chi connectivity index (χ4n) is 2.85. The number of rotatable bonds is 6. The first kappa shape index (κ1) is 13.5. The highest BCUT2D eigenvalue weighted by Gasteiger charge is 2.23. The van der Waals surface area contributed by atoms with Gasteiger partial charge in [-0.1, -0.05) is 12.8 Å². The highest BCUT2D eigenvalue weighted by molar-refractivity contribution is 4.84. The van der Waals surface area contributed by atoms with Gasteiger partial charge in [0.05, 0.1) is 6.54 Å². The summed E-state index contributed by atoms with van der Waals surface area (Å²) in [5.41, 5.74) is 0.